The van der Waals surface area contributed by atoms with Crippen LogP contribution in [-0.2, 0) is 11.3 Å². The van der Waals surface area contributed by atoms with Crippen LogP contribution in [0.15, 0.2) is 30.6 Å². The van der Waals surface area contributed by atoms with Gasteiger partial charge < -0.3 is 0 Å². The van der Waals surface area contributed by atoms with Crippen molar-refractivity contribution in [3.63, 3.8) is 0 Å². The number of alkyl halides is 2. The third-order valence-electron chi connectivity index (χ3n) is 3.19. The summed E-state index contributed by atoms with van der Waals surface area (Å²) < 4.78 is 26.2. The minimum atomic E-state index is -2.77. The van der Waals surface area contributed by atoms with Crippen molar-refractivity contribution in [3.05, 3.63) is 47.0 Å². The van der Waals surface area contributed by atoms with E-state index in [2.05, 4.69) is 4.98 Å². The summed E-state index contributed by atoms with van der Waals surface area (Å²) in [6.45, 7) is -3.00. The van der Waals surface area contributed by atoms with Gasteiger partial charge in [0.15, 0.2) is 0 Å². The Balaban J connectivity index is 2.00. The monoisotopic (exact) mass is 311 g/mol. The zero-order valence-corrected chi connectivity index (χ0v) is 11.2. The molecule has 8 heteroatoms. The maximum atomic E-state index is 12.8. The van der Waals surface area contributed by atoms with Crippen molar-refractivity contribution in [1.82, 2.24) is 9.55 Å². The van der Waals surface area contributed by atoms with Crippen LogP contribution < -0.4 is 4.90 Å². The van der Waals surface area contributed by atoms with Gasteiger partial charge in [-0.05, 0) is 18.2 Å². The number of carbonyl (C=O) groups excluding carboxylic acids is 2. The number of benzene rings is 1. The first kappa shape index (κ1) is 13.7. The number of aromatic nitrogens is 2. The summed E-state index contributed by atoms with van der Waals surface area (Å²) in [6, 6.07) is 4.39. The average molecular weight is 312 g/mol. The number of carbonyl (C=O) groups is 2. The van der Waals surface area contributed by atoms with Gasteiger partial charge in [0.1, 0.15) is 5.82 Å². The molecule has 0 atom stereocenters. The number of hydrogen-bond acceptors (Lipinski definition) is 3. The number of ketones is 1. The Morgan fingerprint density at radius 3 is 2.76 bits per heavy atom. The van der Waals surface area contributed by atoms with Gasteiger partial charge >= 0.3 is 6.55 Å². The summed E-state index contributed by atoms with van der Waals surface area (Å²) in [7, 11) is 0. The SMILES string of the molecule is O=C1C(=O)N(Cc2nccn2C(F)F)c2cc(Cl)ccc21. The Morgan fingerprint density at radius 1 is 1.29 bits per heavy atom. The van der Waals surface area contributed by atoms with Crippen LogP contribution in [0.1, 0.15) is 22.7 Å². The van der Waals surface area contributed by atoms with E-state index in [0.29, 0.717) is 15.3 Å². The maximum absolute atomic E-state index is 12.8. The smallest absolute Gasteiger partial charge is 0.297 e. The van der Waals surface area contributed by atoms with Crippen molar-refractivity contribution in [2.24, 2.45) is 0 Å². The van der Waals surface area contributed by atoms with Crippen LogP contribution in [0.25, 0.3) is 0 Å². The van der Waals surface area contributed by atoms with E-state index < -0.39 is 18.2 Å². The topological polar surface area (TPSA) is 55.2 Å². The molecule has 1 aromatic carbocycles. The summed E-state index contributed by atoms with van der Waals surface area (Å²) in [4.78, 5) is 28.7. The molecule has 2 aromatic rings. The number of rotatable bonds is 3. The van der Waals surface area contributed by atoms with Crippen LogP contribution in [0.2, 0.25) is 5.02 Å². The molecule has 1 aliphatic heterocycles. The molecule has 3 rings (SSSR count). The zero-order chi connectivity index (χ0) is 15.1. The highest BCUT2D eigenvalue weighted by Crippen LogP contribution is 2.32. The van der Waals surface area contributed by atoms with E-state index in [1.165, 1.54) is 24.4 Å². The normalized spacial score (nSPS) is 14.2. The molecule has 0 fully saturated rings. The highest BCUT2D eigenvalue weighted by atomic mass is 35.5. The molecule has 21 heavy (non-hydrogen) atoms. The fourth-order valence-corrected chi connectivity index (χ4v) is 2.38. The summed E-state index contributed by atoms with van der Waals surface area (Å²) in [5.74, 6) is -1.48. The lowest BCUT2D eigenvalue weighted by molar-refractivity contribution is -0.114. The number of Topliss-reactive ketones (excluding diaryl/α,β-unsaturated/α-hetero) is 1. The summed E-state index contributed by atoms with van der Waals surface area (Å²) in [6.07, 6.45) is 2.32. The molecule has 1 aliphatic rings. The quantitative estimate of drug-likeness (QED) is 0.819. The Bertz CT molecular complexity index is 745. The van der Waals surface area contributed by atoms with Gasteiger partial charge in [-0.25, -0.2) is 4.98 Å². The third kappa shape index (κ3) is 2.19. The fraction of sp³-hybridized carbons (Fsp3) is 0.154. The van der Waals surface area contributed by atoms with Crippen LogP contribution >= 0.6 is 11.6 Å². The largest absolute Gasteiger partial charge is 0.319 e. The Kier molecular flexibility index (Phi) is 3.21. The van der Waals surface area contributed by atoms with Crippen LogP contribution in [0.3, 0.4) is 0 Å². The van der Waals surface area contributed by atoms with E-state index >= 15 is 0 Å². The number of imidazole rings is 1. The maximum Gasteiger partial charge on any atom is 0.319 e. The predicted molar refractivity (Wildman–Crippen MR) is 70.5 cm³/mol. The lowest BCUT2D eigenvalue weighted by Gasteiger charge is -2.17. The molecule has 0 N–H and O–H groups in total. The molecule has 0 bridgehead atoms. The molecule has 2 heterocycles. The molecule has 0 saturated heterocycles. The molecule has 0 spiro atoms. The molecule has 0 unspecified atom stereocenters. The number of anilines is 1. The Labute approximate surface area is 122 Å². The highest BCUT2D eigenvalue weighted by molar-refractivity contribution is 6.52. The lowest BCUT2D eigenvalue weighted by Crippen LogP contribution is -2.30. The molecule has 0 aliphatic carbocycles. The van der Waals surface area contributed by atoms with E-state index in [-0.39, 0.29) is 17.9 Å². The second kappa shape index (κ2) is 4.92. The second-order valence-electron chi connectivity index (χ2n) is 4.41. The number of halogens is 3. The average Bonchev–Trinajstić information content (AvgIpc) is 2.99. The summed E-state index contributed by atoms with van der Waals surface area (Å²) in [5, 5.41) is 0.346. The molecule has 1 aromatic heterocycles. The van der Waals surface area contributed by atoms with Gasteiger partial charge in [-0.3, -0.25) is 19.1 Å². The Morgan fingerprint density at radius 2 is 2.05 bits per heavy atom. The third-order valence-corrected chi connectivity index (χ3v) is 3.43. The van der Waals surface area contributed by atoms with Gasteiger partial charge in [-0.2, -0.15) is 8.78 Å². The van der Waals surface area contributed by atoms with Crippen molar-refractivity contribution in [1.29, 1.82) is 0 Å². The first-order valence-electron chi connectivity index (χ1n) is 5.94. The lowest BCUT2D eigenvalue weighted by atomic mass is 10.1. The molecule has 0 radical (unpaired) electrons. The van der Waals surface area contributed by atoms with Gasteiger partial charge in [0, 0.05) is 17.4 Å². The molecule has 1 amide bonds. The van der Waals surface area contributed by atoms with Crippen LogP contribution in [0, 0.1) is 0 Å². The minimum absolute atomic E-state index is 0.0148. The Hall–Kier alpha value is -2.28. The molecular formula is C13H8ClF2N3O2. The molecule has 5 nitrogen and oxygen atoms in total. The minimum Gasteiger partial charge on any atom is -0.297 e. The van der Waals surface area contributed by atoms with Gasteiger partial charge in [-0.1, -0.05) is 11.6 Å². The van der Waals surface area contributed by atoms with Crippen LogP contribution in [0.5, 0.6) is 0 Å². The highest BCUT2D eigenvalue weighted by Gasteiger charge is 2.36. The first-order chi connectivity index (χ1) is 9.99. The van der Waals surface area contributed by atoms with E-state index in [9.17, 15) is 18.4 Å². The van der Waals surface area contributed by atoms with E-state index in [1.54, 1.807) is 0 Å². The van der Waals surface area contributed by atoms with Crippen molar-refractivity contribution >= 4 is 29.0 Å². The van der Waals surface area contributed by atoms with Crippen LogP contribution in [0.4, 0.5) is 14.5 Å². The van der Waals surface area contributed by atoms with E-state index in [0.717, 1.165) is 11.1 Å². The van der Waals surface area contributed by atoms with Crippen molar-refractivity contribution < 1.29 is 18.4 Å². The van der Waals surface area contributed by atoms with Crippen molar-refractivity contribution in [2.75, 3.05) is 4.90 Å². The van der Waals surface area contributed by atoms with Gasteiger partial charge in [-0.15, -0.1) is 0 Å². The van der Waals surface area contributed by atoms with E-state index in [1.807, 2.05) is 0 Å². The zero-order valence-electron chi connectivity index (χ0n) is 10.5. The van der Waals surface area contributed by atoms with Crippen molar-refractivity contribution in [2.45, 2.75) is 13.1 Å². The summed E-state index contributed by atoms with van der Waals surface area (Å²) >= 11 is 5.86. The standard InChI is InChI=1S/C13H8ClF2N3O2/c14-7-1-2-8-9(5-7)19(12(21)11(8)20)6-10-17-3-4-18(10)13(15)16/h1-5,13H,6H2. The summed E-state index contributed by atoms with van der Waals surface area (Å²) in [5.41, 5.74) is 0.515. The first-order valence-corrected chi connectivity index (χ1v) is 6.32. The molecule has 108 valence electrons. The number of amides is 1. The van der Waals surface area contributed by atoms with E-state index in [4.69, 9.17) is 11.6 Å². The molecule has 0 saturated carbocycles. The number of nitrogens with zero attached hydrogens (tertiary/aromatic N) is 3. The van der Waals surface area contributed by atoms with Gasteiger partial charge in [0.25, 0.3) is 11.7 Å². The van der Waals surface area contributed by atoms with Crippen LogP contribution in [-0.4, -0.2) is 21.2 Å². The number of hydrogen-bond donors (Lipinski definition) is 0. The van der Waals surface area contributed by atoms with Gasteiger partial charge in [0.05, 0.1) is 17.8 Å². The van der Waals surface area contributed by atoms with Crippen molar-refractivity contribution in [3.8, 4) is 0 Å². The number of fused-ring (bicyclic) bond motifs is 1. The predicted octanol–water partition coefficient (Wildman–Crippen LogP) is 2.66. The van der Waals surface area contributed by atoms with Gasteiger partial charge in [0.2, 0.25) is 0 Å². The second-order valence-corrected chi connectivity index (χ2v) is 4.85. The fourth-order valence-electron chi connectivity index (χ4n) is 2.21. The molecular weight excluding hydrogens is 304 g/mol.